The van der Waals surface area contributed by atoms with Crippen LogP contribution in [0.4, 0.5) is 10.3 Å². The first kappa shape index (κ1) is 23.8. The van der Waals surface area contributed by atoms with Crippen LogP contribution in [0, 0.1) is 5.82 Å². The van der Waals surface area contributed by atoms with Crippen LogP contribution in [0.25, 0.3) is 11.3 Å². The normalized spacial score (nSPS) is 13.0. The fourth-order valence-electron chi connectivity index (χ4n) is 3.27. The van der Waals surface area contributed by atoms with Gasteiger partial charge in [-0.3, -0.25) is 4.79 Å². The van der Waals surface area contributed by atoms with Crippen molar-refractivity contribution in [3.05, 3.63) is 75.5 Å². The number of ether oxygens (including phenoxy) is 1. The Morgan fingerprint density at radius 2 is 2.09 bits per heavy atom. The largest absolute Gasteiger partial charge is 0.394 e. The third-order valence-electron chi connectivity index (χ3n) is 5.01. The number of hydrogen-bond acceptors (Lipinski definition) is 6. The number of nitrogens with one attached hydrogen (secondary N) is 1. The van der Waals surface area contributed by atoms with Crippen molar-refractivity contribution in [2.45, 2.75) is 32.4 Å². The molecule has 0 radical (unpaired) electrons. The van der Waals surface area contributed by atoms with Gasteiger partial charge in [-0.15, -0.1) is 0 Å². The van der Waals surface area contributed by atoms with E-state index >= 15 is 0 Å². The number of benzene rings is 1. The highest BCUT2D eigenvalue weighted by Crippen LogP contribution is 2.23. The number of halogens is 2. The Balaban J connectivity index is 1.81. The van der Waals surface area contributed by atoms with Crippen LogP contribution < -0.4 is 10.9 Å². The molecule has 2 heterocycles. The fourth-order valence-corrected chi connectivity index (χ4v) is 3.38. The van der Waals surface area contributed by atoms with E-state index in [1.165, 1.54) is 22.8 Å². The van der Waals surface area contributed by atoms with Crippen LogP contribution in [-0.2, 0) is 4.74 Å². The van der Waals surface area contributed by atoms with Crippen molar-refractivity contribution in [3.63, 3.8) is 0 Å². The Morgan fingerprint density at radius 3 is 2.78 bits per heavy atom. The molecule has 3 rings (SSSR count). The van der Waals surface area contributed by atoms with Gasteiger partial charge in [-0.05, 0) is 50.1 Å². The predicted molar refractivity (Wildman–Crippen MR) is 123 cm³/mol. The van der Waals surface area contributed by atoms with Crippen molar-refractivity contribution in [2.24, 2.45) is 0 Å². The zero-order chi connectivity index (χ0) is 23.1. The first-order valence-corrected chi connectivity index (χ1v) is 10.8. The monoisotopic (exact) mass is 460 g/mol. The lowest BCUT2D eigenvalue weighted by Gasteiger charge is -2.19. The molecular weight excluding hydrogens is 435 g/mol. The summed E-state index contributed by atoms with van der Waals surface area (Å²) in [6.07, 6.45) is 3.99. The molecular formula is C23H26ClFN4O3. The van der Waals surface area contributed by atoms with Gasteiger partial charge in [0.1, 0.15) is 5.82 Å². The number of aliphatic hydroxyl groups is 1. The van der Waals surface area contributed by atoms with Gasteiger partial charge in [-0.1, -0.05) is 17.7 Å². The molecule has 7 nitrogen and oxygen atoms in total. The molecule has 0 fully saturated rings. The maximum Gasteiger partial charge on any atom is 0.251 e. The Morgan fingerprint density at radius 1 is 1.28 bits per heavy atom. The van der Waals surface area contributed by atoms with E-state index < -0.39 is 11.9 Å². The van der Waals surface area contributed by atoms with Crippen molar-refractivity contribution in [1.29, 1.82) is 0 Å². The molecule has 0 aliphatic heterocycles. The lowest BCUT2D eigenvalue weighted by atomic mass is 10.1. The molecule has 0 spiro atoms. The molecule has 2 atom stereocenters. The van der Waals surface area contributed by atoms with E-state index in [0.717, 1.165) is 6.42 Å². The number of aliphatic hydroxyl groups excluding tert-OH is 1. The summed E-state index contributed by atoms with van der Waals surface area (Å²) in [5, 5.41) is 13.1. The molecule has 170 valence electrons. The Bertz CT molecular complexity index is 1110. The minimum absolute atomic E-state index is 0.0199. The van der Waals surface area contributed by atoms with Crippen LogP contribution >= 0.6 is 11.6 Å². The summed E-state index contributed by atoms with van der Waals surface area (Å²) in [7, 11) is 0. The second-order valence-corrected chi connectivity index (χ2v) is 7.74. The van der Waals surface area contributed by atoms with Crippen molar-refractivity contribution in [2.75, 3.05) is 25.1 Å². The molecule has 0 bridgehead atoms. The summed E-state index contributed by atoms with van der Waals surface area (Å²) in [5.74, 6) is -0.149. The van der Waals surface area contributed by atoms with Crippen LogP contribution in [0.3, 0.4) is 0 Å². The third kappa shape index (κ3) is 5.91. The number of anilines is 1. The second-order valence-electron chi connectivity index (χ2n) is 7.33. The number of rotatable bonds is 10. The van der Waals surface area contributed by atoms with Gasteiger partial charge >= 0.3 is 0 Å². The maximum atomic E-state index is 13.9. The number of pyridine rings is 1. The zero-order valence-electron chi connectivity index (χ0n) is 18.0. The third-order valence-corrected chi connectivity index (χ3v) is 5.32. The number of hydrogen-bond donors (Lipinski definition) is 2. The van der Waals surface area contributed by atoms with Crippen molar-refractivity contribution in [1.82, 2.24) is 14.5 Å². The van der Waals surface area contributed by atoms with E-state index in [2.05, 4.69) is 15.3 Å². The van der Waals surface area contributed by atoms with Gasteiger partial charge < -0.3 is 19.7 Å². The van der Waals surface area contributed by atoms with Gasteiger partial charge in [-0.25, -0.2) is 14.4 Å². The van der Waals surface area contributed by atoms with Gasteiger partial charge in [0.2, 0.25) is 5.95 Å². The van der Waals surface area contributed by atoms with Gasteiger partial charge in [-0.2, -0.15) is 0 Å². The number of aromatic nitrogens is 3. The van der Waals surface area contributed by atoms with Gasteiger partial charge in [0.15, 0.2) is 0 Å². The second kappa shape index (κ2) is 11.2. The highest BCUT2D eigenvalue weighted by atomic mass is 35.5. The lowest BCUT2D eigenvalue weighted by molar-refractivity contribution is 0.142. The molecule has 32 heavy (non-hydrogen) atoms. The quantitative estimate of drug-likeness (QED) is 0.446. The summed E-state index contributed by atoms with van der Waals surface area (Å²) < 4.78 is 20.6. The van der Waals surface area contributed by atoms with Crippen molar-refractivity contribution >= 4 is 17.5 Å². The van der Waals surface area contributed by atoms with E-state index in [-0.39, 0.29) is 23.2 Å². The van der Waals surface area contributed by atoms with Crippen molar-refractivity contribution in [3.8, 4) is 11.3 Å². The molecule has 2 N–H and O–H groups in total. The molecule has 0 saturated carbocycles. The molecule has 2 aromatic heterocycles. The fraction of sp³-hybridized carbons (Fsp3) is 0.348. The smallest absolute Gasteiger partial charge is 0.251 e. The van der Waals surface area contributed by atoms with Crippen molar-refractivity contribution < 1.29 is 14.2 Å². The molecule has 0 aliphatic carbocycles. The maximum absolute atomic E-state index is 13.9. The summed E-state index contributed by atoms with van der Waals surface area (Å²) in [4.78, 5) is 21.6. The summed E-state index contributed by atoms with van der Waals surface area (Å²) >= 11 is 5.74. The standard InChI is InChI=1S/C23H26ClFN4O3/c1-3-32-11-8-15(2)27-23-26-9-6-20(28-23)16-7-10-29(22(31)13-16)21(14-30)17-4-5-18(24)19(25)12-17/h4-7,9-10,12-13,15,21,30H,3,8,11,14H2,1-2H3,(H,26,27,28)/t15?,21-/m1/s1. The molecule has 0 aliphatic rings. The van der Waals surface area contributed by atoms with Crippen LogP contribution in [0.5, 0.6) is 0 Å². The Labute approximate surface area is 190 Å². The minimum atomic E-state index is -0.739. The lowest BCUT2D eigenvalue weighted by Crippen LogP contribution is -2.27. The van der Waals surface area contributed by atoms with E-state index in [1.807, 2.05) is 13.8 Å². The molecule has 9 heteroatoms. The summed E-state index contributed by atoms with van der Waals surface area (Å²) in [6.45, 7) is 4.92. The first-order chi connectivity index (χ1) is 15.4. The average molecular weight is 461 g/mol. The van der Waals surface area contributed by atoms with Gasteiger partial charge in [0.25, 0.3) is 5.56 Å². The van der Waals surface area contributed by atoms with Crippen LogP contribution in [0.2, 0.25) is 5.02 Å². The van der Waals surface area contributed by atoms with E-state index in [4.69, 9.17) is 16.3 Å². The molecule has 1 aromatic carbocycles. The molecule has 0 saturated heterocycles. The Hall–Kier alpha value is -2.81. The number of nitrogens with zero attached hydrogens (tertiary/aromatic N) is 3. The summed E-state index contributed by atoms with van der Waals surface area (Å²) in [6, 6.07) is 8.46. The highest BCUT2D eigenvalue weighted by Gasteiger charge is 2.16. The van der Waals surface area contributed by atoms with Gasteiger partial charge in [0.05, 0.1) is 23.4 Å². The molecule has 0 amide bonds. The Kier molecular flexibility index (Phi) is 8.33. The molecule has 3 aromatic rings. The predicted octanol–water partition coefficient (Wildman–Crippen LogP) is 3.91. The highest BCUT2D eigenvalue weighted by molar-refractivity contribution is 6.30. The first-order valence-electron chi connectivity index (χ1n) is 10.4. The van der Waals surface area contributed by atoms with E-state index in [9.17, 15) is 14.3 Å². The van der Waals surface area contributed by atoms with Crippen LogP contribution in [-0.4, -0.2) is 45.5 Å². The average Bonchev–Trinajstić information content (AvgIpc) is 2.78. The van der Waals surface area contributed by atoms with E-state index in [1.54, 1.807) is 30.6 Å². The summed E-state index contributed by atoms with van der Waals surface area (Å²) in [5.41, 5.74) is 1.29. The minimum Gasteiger partial charge on any atom is -0.394 e. The van der Waals surface area contributed by atoms with E-state index in [0.29, 0.717) is 36.0 Å². The van der Waals surface area contributed by atoms with Gasteiger partial charge in [0, 0.05) is 43.3 Å². The zero-order valence-corrected chi connectivity index (χ0v) is 18.7. The molecule has 1 unspecified atom stereocenters. The van der Waals surface area contributed by atoms with Crippen LogP contribution in [0.15, 0.2) is 53.6 Å². The SMILES string of the molecule is CCOCCC(C)Nc1nccc(-c2ccn([C@H](CO)c3ccc(Cl)c(F)c3)c(=O)c2)n1. The van der Waals surface area contributed by atoms with Crippen LogP contribution in [0.1, 0.15) is 31.9 Å². The topological polar surface area (TPSA) is 89.3 Å².